The lowest BCUT2D eigenvalue weighted by Gasteiger charge is -2.12. The van der Waals surface area contributed by atoms with Crippen molar-refractivity contribution in [2.45, 2.75) is 19.4 Å². The Labute approximate surface area is 115 Å². The van der Waals surface area contributed by atoms with Crippen LogP contribution in [0.25, 0.3) is 0 Å². The zero-order valence-electron chi connectivity index (χ0n) is 10.8. The average Bonchev–Trinajstić information content (AvgIpc) is 2.91. The third-order valence-corrected chi connectivity index (χ3v) is 3.44. The summed E-state index contributed by atoms with van der Waals surface area (Å²) in [5.41, 5.74) is 0.207. The monoisotopic (exact) mass is 277 g/mol. The number of aromatic nitrogens is 2. The summed E-state index contributed by atoms with van der Waals surface area (Å²) in [6.45, 7) is 2.08. The van der Waals surface area contributed by atoms with Gasteiger partial charge in [-0.15, -0.1) is 21.5 Å². The number of hydrogen-bond acceptors (Lipinski definition) is 6. The molecule has 0 spiro atoms. The zero-order valence-corrected chi connectivity index (χ0v) is 11.6. The molecule has 100 valence electrons. The summed E-state index contributed by atoms with van der Waals surface area (Å²) < 4.78 is 4.57. The SMILES string of the molecule is COC(=O)c1ccc(NC(C)Cc2cccs2)nn1. The van der Waals surface area contributed by atoms with Crippen LogP contribution in [-0.2, 0) is 11.2 Å². The Bertz CT molecular complexity index is 525. The number of nitrogens with one attached hydrogen (secondary N) is 1. The highest BCUT2D eigenvalue weighted by Crippen LogP contribution is 2.13. The first-order chi connectivity index (χ1) is 9.19. The van der Waals surface area contributed by atoms with Gasteiger partial charge in [0.2, 0.25) is 0 Å². The summed E-state index contributed by atoms with van der Waals surface area (Å²) in [4.78, 5) is 12.5. The van der Waals surface area contributed by atoms with Gasteiger partial charge in [0.25, 0.3) is 0 Å². The molecule has 0 aromatic carbocycles. The molecule has 1 N–H and O–H groups in total. The van der Waals surface area contributed by atoms with E-state index in [1.54, 1.807) is 23.5 Å². The van der Waals surface area contributed by atoms with Gasteiger partial charge in [0.15, 0.2) is 5.69 Å². The molecule has 1 unspecified atom stereocenters. The second kappa shape index (κ2) is 6.29. The minimum absolute atomic E-state index is 0.207. The zero-order chi connectivity index (χ0) is 13.7. The van der Waals surface area contributed by atoms with Crippen molar-refractivity contribution in [1.29, 1.82) is 0 Å². The molecule has 2 rings (SSSR count). The molecular formula is C13H15N3O2S. The summed E-state index contributed by atoms with van der Waals surface area (Å²) in [6.07, 6.45) is 0.929. The van der Waals surface area contributed by atoms with Crippen molar-refractivity contribution >= 4 is 23.1 Å². The minimum Gasteiger partial charge on any atom is -0.464 e. The molecule has 0 bridgehead atoms. The molecule has 0 saturated heterocycles. The van der Waals surface area contributed by atoms with E-state index in [0.29, 0.717) is 5.82 Å². The summed E-state index contributed by atoms with van der Waals surface area (Å²) in [5, 5.41) is 13.1. The number of rotatable bonds is 5. The van der Waals surface area contributed by atoms with E-state index in [4.69, 9.17) is 0 Å². The first kappa shape index (κ1) is 13.5. The number of anilines is 1. The Morgan fingerprint density at radius 1 is 1.42 bits per heavy atom. The van der Waals surface area contributed by atoms with Gasteiger partial charge in [0, 0.05) is 17.3 Å². The normalized spacial score (nSPS) is 11.9. The lowest BCUT2D eigenvalue weighted by molar-refractivity contribution is 0.0593. The van der Waals surface area contributed by atoms with E-state index in [1.807, 2.05) is 6.07 Å². The predicted octanol–water partition coefficient (Wildman–Crippen LogP) is 2.37. The minimum atomic E-state index is -0.481. The number of nitrogens with zero attached hydrogens (tertiary/aromatic N) is 2. The first-order valence-corrected chi connectivity index (χ1v) is 6.78. The van der Waals surface area contributed by atoms with Gasteiger partial charge in [0.05, 0.1) is 7.11 Å². The summed E-state index contributed by atoms with van der Waals surface area (Å²) in [7, 11) is 1.32. The highest BCUT2D eigenvalue weighted by atomic mass is 32.1. The Morgan fingerprint density at radius 2 is 2.26 bits per heavy atom. The maximum Gasteiger partial charge on any atom is 0.358 e. The Hall–Kier alpha value is -1.95. The van der Waals surface area contributed by atoms with Crippen molar-refractivity contribution in [3.05, 3.63) is 40.2 Å². The first-order valence-electron chi connectivity index (χ1n) is 5.90. The Morgan fingerprint density at radius 3 is 2.84 bits per heavy atom. The second-order valence-corrected chi connectivity index (χ2v) is 5.16. The van der Waals surface area contributed by atoms with Gasteiger partial charge in [0.1, 0.15) is 5.82 Å². The van der Waals surface area contributed by atoms with Gasteiger partial charge in [-0.2, -0.15) is 0 Å². The van der Waals surface area contributed by atoms with Crippen LogP contribution in [0.5, 0.6) is 0 Å². The molecule has 0 radical (unpaired) electrons. The Balaban J connectivity index is 1.93. The number of methoxy groups -OCH3 is 1. The summed E-state index contributed by atoms with van der Waals surface area (Å²) >= 11 is 1.73. The van der Waals surface area contributed by atoms with Crippen molar-refractivity contribution in [2.24, 2.45) is 0 Å². The quantitative estimate of drug-likeness (QED) is 0.850. The van der Waals surface area contributed by atoms with Crippen LogP contribution < -0.4 is 5.32 Å². The van der Waals surface area contributed by atoms with Crippen molar-refractivity contribution in [1.82, 2.24) is 10.2 Å². The van der Waals surface area contributed by atoms with Crippen LogP contribution in [0.15, 0.2) is 29.6 Å². The van der Waals surface area contributed by atoms with E-state index in [2.05, 4.69) is 38.6 Å². The maximum absolute atomic E-state index is 11.2. The van der Waals surface area contributed by atoms with Crippen LogP contribution in [-0.4, -0.2) is 29.3 Å². The van der Waals surface area contributed by atoms with Crippen molar-refractivity contribution in [2.75, 3.05) is 12.4 Å². The third-order valence-electron chi connectivity index (χ3n) is 2.54. The van der Waals surface area contributed by atoms with Crippen LogP contribution in [0, 0.1) is 0 Å². The lowest BCUT2D eigenvalue weighted by atomic mass is 10.2. The van der Waals surface area contributed by atoms with E-state index in [1.165, 1.54) is 12.0 Å². The van der Waals surface area contributed by atoms with Gasteiger partial charge < -0.3 is 10.1 Å². The molecule has 5 nitrogen and oxygen atoms in total. The van der Waals surface area contributed by atoms with Crippen LogP contribution in [0.3, 0.4) is 0 Å². The van der Waals surface area contributed by atoms with Crippen LogP contribution in [0.4, 0.5) is 5.82 Å². The lowest BCUT2D eigenvalue weighted by Crippen LogP contribution is -2.19. The largest absolute Gasteiger partial charge is 0.464 e. The van der Waals surface area contributed by atoms with Gasteiger partial charge >= 0.3 is 5.97 Å². The van der Waals surface area contributed by atoms with Crippen molar-refractivity contribution in [3.63, 3.8) is 0 Å². The fourth-order valence-electron chi connectivity index (χ4n) is 1.66. The fraction of sp³-hybridized carbons (Fsp3) is 0.308. The van der Waals surface area contributed by atoms with Crippen molar-refractivity contribution in [3.8, 4) is 0 Å². The highest BCUT2D eigenvalue weighted by molar-refractivity contribution is 7.09. The fourth-order valence-corrected chi connectivity index (χ4v) is 2.49. The van der Waals surface area contributed by atoms with E-state index >= 15 is 0 Å². The number of carbonyl (C=O) groups is 1. The third kappa shape index (κ3) is 3.75. The molecular weight excluding hydrogens is 262 g/mol. The number of esters is 1. The van der Waals surface area contributed by atoms with Crippen LogP contribution >= 0.6 is 11.3 Å². The topological polar surface area (TPSA) is 64.1 Å². The maximum atomic E-state index is 11.2. The molecule has 1 atom stereocenters. The molecule has 6 heteroatoms. The second-order valence-electron chi connectivity index (χ2n) is 4.12. The molecule has 0 aliphatic heterocycles. The van der Waals surface area contributed by atoms with Crippen LogP contribution in [0.2, 0.25) is 0 Å². The number of hydrogen-bond donors (Lipinski definition) is 1. The van der Waals surface area contributed by atoms with E-state index in [-0.39, 0.29) is 11.7 Å². The highest BCUT2D eigenvalue weighted by Gasteiger charge is 2.09. The average molecular weight is 277 g/mol. The van der Waals surface area contributed by atoms with Gasteiger partial charge in [-0.05, 0) is 30.5 Å². The van der Waals surface area contributed by atoms with Gasteiger partial charge in [-0.3, -0.25) is 0 Å². The van der Waals surface area contributed by atoms with Crippen LogP contribution in [0.1, 0.15) is 22.3 Å². The van der Waals surface area contributed by atoms with Gasteiger partial charge in [-0.25, -0.2) is 4.79 Å². The van der Waals surface area contributed by atoms with E-state index in [9.17, 15) is 4.79 Å². The predicted molar refractivity (Wildman–Crippen MR) is 74.5 cm³/mol. The molecule has 0 aliphatic carbocycles. The summed E-state index contributed by atoms with van der Waals surface area (Å²) in [5.74, 6) is 0.169. The number of carbonyl (C=O) groups excluding carboxylic acids is 1. The standard InChI is InChI=1S/C13H15N3O2S/c1-9(8-10-4-3-7-19-10)14-12-6-5-11(15-16-12)13(17)18-2/h3-7,9H,8H2,1-2H3,(H,14,16). The molecule has 0 amide bonds. The molecule has 2 heterocycles. The van der Waals surface area contributed by atoms with E-state index < -0.39 is 5.97 Å². The van der Waals surface area contributed by atoms with Crippen molar-refractivity contribution < 1.29 is 9.53 Å². The summed E-state index contributed by atoms with van der Waals surface area (Å²) in [6, 6.07) is 7.72. The van der Waals surface area contributed by atoms with Gasteiger partial charge in [-0.1, -0.05) is 6.07 Å². The molecule has 19 heavy (non-hydrogen) atoms. The number of ether oxygens (including phenoxy) is 1. The molecule has 0 aliphatic rings. The number of thiophene rings is 1. The molecule has 0 saturated carbocycles. The molecule has 2 aromatic rings. The Kier molecular flexibility index (Phi) is 4.46. The van der Waals surface area contributed by atoms with E-state index in [0.717, 1.165) is 6.42 Å². The molecule has 2 aromatic heterocycles. The smallest absolute Gasteiger partial charge is 0.358 e. The molecule has 0 fully saturated rings.